The Morgan fingerprint density at radius 2 is 1.67 bits per heavy atom. The highest BCUT2D eigenvalue weighted by molar-refractivity contribution is 4.96. The van der Waals surface area contributed by atoms with Crippen LogP contribution in [0.25, 0.3) is 0 Å². The summed E-state index contributed by atoms with van der Waals surface area (Å²) in [5, 5.41) is 28.4. The average Bonchev–Trinajstić information content (AvgIpc) is 2.19. The van der Waals surface area contributed by atoms with Crippen molar-refractivity contribution in [2.45, 2.75) is 49.4 Å². The molecule has 7 N–H and O–H groups in total. The first-order chi connectivity index (χ1) is 7.00. The van der Waals surface area contributed by atoms with Gasteiger partial charge in [0.15, 0.2) is 12.6 Å². The predicted molar refractivity (Wildman–Crippen MR) is 48.3 cm³/mol. The van der Waals surface area contributed by atoms with Crippen LogP contribution in [0.5, 0.6) is 0 Å². The monoisotopic (exact) mass is 220 g/mol. The maximum absolute atomic E-state index is 9.71. The van der Waals surface area contributed by atoms with Crippen molar-refractivity contribution >= 4 is 0 Å². The third kappa shape index (κ3) is 1.87. The van der Waals surface area contributed by atoms with E-state index < -0.39 is 43.0 Å². The van der Waals surface area contributed by atoms with Crippen molar-refractivity contribution in [3.05, 3.63) is 0 Å². The van der Waals surface area contributed by atoms with Crippen molar-refractivity contribution in [3.63, 3.8) is 0 Å². The van der Waals surface area contributed by atoms with E-state index in [1.165, 1.54) is 0 Å². The van der Waals surface area contributed by atoms with Crippen molar-refractivity contribution in [2.24, 2.45) is 11.5 Å². The molecule has 7 atom stereocenters. The summed E-state index contributed by atoms with van der Waals surface area (Å²) in [5.41, 5.74) is 11.1. The van der Waals surface area contributed by atoms with E-state index in [0.29, 0.717) is 6.42 Å². The summed E-state index contributed by atoms with van der Waals surface area (Å²) in [7, 11) is 0. The molecule has 2 aliphatic heterocycles. The summed E-state index contributed by atoms with van der Waals surface area (Å²) < 4.78 is 10.2. The second-order valence-electron chi connectivity index (χ2n) is 4.02. The number of hydrogen-bond acceptors (Lipinski definition) is 7. The first-order valence-electron chi connectivity index (χ1n) is 4.87. The van der Waals surface area contributed by atoms with Crippen LogP contribution in [0.15, 0.2) is 0 Å². The molecule has 15 heavy (non-hydrogen) atoms. The number of hydrogen-bond donors (Lipinski definition) is 5. The van der Waals surface area contributed by atoms with Crippen LogP contribution in [0.3, 0.4) is 0 Å². The highest BCUT2D eigenvalue weighted by Gasteiger charge is 2.48. The Hall–Kier alpha value is -0.280. The van der Waals surface area contributed by atoms with Gasteiger partial charge in [0.05, 0.1) is 18.2 Å². The number of rotatable bonds is 0. The fourth-order valence-electron chi connectivity index (χ4n) is 1.96. The maximum atomic E-state index is 9.71. The zero-order valence-electron chi connectivity index (χ0n) is 8.06. The largest absolute Gasteiger partial charge is 0.388 e. The smallest absolute Gasteiger partial charge is 0.172 e. The molecule has 2 rings (SSSR count). The molecule has 2 fully saturated rings. The van der Waals surface area contributed by atoms with Crippen LogP contribution in [0.4, 0.5) is 0 Å². The molecule has 88 valence electrons. The third-order valence-electron chi connectivity index (χ3n) is 2.91. The van der Waals surface area contributed by atoms with Crippen molar-refractivity contribution in [1.82, 2.24) is 0 Å². The topological polar surface area (TPSA) is 131 Å². The van der Waals surface area contributed by atoms with Crippen LogP contribution in [0.2, 0.25) is 0 Å². The maximum Gasteiger partial charge on any atom is 0.172 e. The second kappa shape index (κ2) is 3.95. The van der Waals surface area contributed by atoms with E-state index in [4.69, 9.17) is 20.9 Å². The molecule has 0 amide bonds. The molecular formula is C8H16N2O5. The molecular weight excluding hydrogens is 204 g/mol. The van der Waals surface area contributed by atoms with Gasteiger partial charge in [-0.2, -0.15) is 0 Å². The Morgan fingerprint density at radius 3 is 2.33 bits per heavy atom. The Balaban J connectivity index is 2.11. The van der Waals surface area contributed by atoms with E-state index >= 15 is 0 Å². The lowest BCUT2D eigenvalue weighted by Gasteiger charge is -2.46. The van der Waals surface area contributed by atoms with Gasteiger partial charge in [-0.1, -0.05) is 0 Å². The highest BCUT2D eigenvalue weighted by Crippen LogP contribution is 2.29. The van der Waals surface area contributed by atoms with Gasteiger partial charge in [-0.25, -0.2) is 0 Å². The lowest BCUT2D eigenvalue weighted by atomic mass is 9.91. The van der Waals surface area contributed by atoms with E-state index in [-0.39, 0.29) is 0 Å². The quantitative estimate of drug-likeness (QED) is 0.291. The van der Waals surface area contributed by atoms with Gasteiger partial charge in [0, 0.05) is 0 Å². The molecule has 0 saturated carbocycles. The van der Waals surface area contributed by atoms with Crippen LogP contribution >= 0.6 is 0 Å². The highest BCUT2D eigenvalue weighted by atomic mass is 16.7. The van der Waals surface area contributed by atoms with Gasteiger partial charge in [0.2, 0.25) is 0 Å². The van der Waals surface area contributed by atoms with Gasteiger partial charge in [0.25, 0.3) is 0 Å². The van der Waals surface area contributed by atoms with Crippen molar-refractivity contribution in [1.29, 1.82) is 0 Å². The van der Waals surface area contributed by atoms with Crippen molar-refractivity contribution in [3.8, 4) is 0 Å². The molecule has 0 radical (unpaired) electrons. The Bertz CT molecular complexity index is 239. The summed E-state index contributed by atoms with van der Waals surface area (Å²) in [6.07, 6.45) is -4.39. The SMILES string of the molecule is NC1CC2OC(O)C(N)C(O)C2OC1O. The fourth-order valence-corrected chi connectivity index (χ4v) is 1.96. The molecule has 0 spiro atoms. The van der Waals surface area contributed by atoms with Crippen LogP contribution in [0.1, 0.15) is 6.42 Å². The van der Waals surface area contributed by atoms with Crippen molar-refractivity contribution < 1.29 is 24.8 Å². The van der Waals surface area contributed by atoms with Gasteiger partial charge in [-0.15, -0.1) is 0 Å². The lowest BCUT2D eigenvalue weighted by Crippen LogP contribution is -2.66. The number of aliphatic hydroxyl groups excluding tert-OH is 3. The summed E-state index contributed by atoms with van der Waals surface area (Å²) >= 11 is 0. The molecule has 7 heteroatoms. The van der Waals surface area contributed by atoms with E-state index in [1.807, 2.05) is 0 Å². The minimum absolute atomic E-state index is 0.312. The Labute approximate surface area is 86.6 Å². The average molecular weight is 220 g/mol. The van der Waals surface area contributed by atoms with E-state index in [1.54, 1.807) is 0 Å². The summed E-state index contributed by atoms with van der Waals surface area (Å²) in [6.45, 7) is 0. The Kier molecular flexibility index (Phi) is 2.95. The van der Waals surface area contributed by atoms with E-state index in [0.717, 1.165) is 0 Å². The summed E-state index contributed by atoms with van der Waals surface area (Å²) in [6, 6.07) is -1.52. The van der Waals surface area contributed by atoms with Crippen LogP contribution in [0, 0.1) is 0 Å². The lowest BCUT2D eigenvalue weighted by molar-refractivity contribution is -0.305. The third-order valence-corrected chi connectivity index (χ3v) is 2.91. The van der Waals surface area contributed by atoms with Gasteiger partial charge in [-0.05, 0) is 6.42 Å². The van der Waals surface area contributed by atoms with Crippen LogP contribution in [-0.4, -0.2) is 58.3 Å². The van der Waals surface area contributed by atoms with E-state index in [2.05, 4.69) is 0 Å². The molecule has 2 heterocycles. The summed E-state index contributed by atoms with van der Waals surface area (Å²) in [5.74, 6) is 0. The molecule has 0 aliphatic carbocycles. The normalized spacial score (nSPS) is 56.2. The van der Waals surface area contributed by atoms with Crippen molar-refractivity contribution in [2.75, 3.05) is 0 Å². The zero-order chi connectivity index (χ0) is 11.2. The minimum Gasteiger partial charge on any atom is -0.388 e. The number of nitrogens with two attached hydrogens (primary N) is 2. The van der Waals surface area contributed by atoms with Gasteiger partial charge < -0.3 is 36.3 Å². The standard InChI is InChI=1S/C8H16N2O5/c9-2-1-3-6(15-7(2)12)5(11)4(10)8(13)14-3/h2-8,11-13H,1,9-10H2. The van der Waals surface area contributed by atoms with Crippen LogP contribution in [-0.2, 0) is 9.47 Å². The molecule has 2 aliphatic rings. The molecule has 7 nitrogen and oxygen atoms in total. The van der Waals surface area contributed by atoms with Crippen LogP contribution < -0.4 is 11.5 Å². The second-order valence-corrected chi connectivity index (χ2v) is 4.02. The molecule has 0 bridgehead atoms. The first-order valence-corrected chi connectivity index (χ1v) is 4.87. The fraction of sp³-hybridized carbons (Fsp3) is 1.00. The van der Waals surface area contributed by atoms with E-state index in [9.17, 15) is 15.3 Å². The molecule has 0 aromatic heterocycles. The Morgan fingerprint density at radius 1 is 1.00 bits per heavy atom. The van der Waals surface area contributed by atoms with Gasteiger partial charge in [0.1, 0.15) is 12.2 Å². The predicted octanol–water partition coefficient (Wildman–Crippen LogP) is -3.17. The number of aliphatic hydroxyl groups is 3. The first kappa shape index (κ1) is 11.2. The summed E-state index contributed by atoms with van der Waals surface area (Å²) in [4.78, 5) is 0. The molecule has 0 aromatic rings. The minimum atomic E-state index is -1.23. The number of ether oxygens (including phenoxy) is 2. The molecule has 2 saturated heterocycles. The molecule has 7 unspecified atom stereocenters. The molecule has 0 aromatic carbocycles. The zero-order valence-corrected chi connectivity index (χ0v) is 8.06. The van der Waals surface area contributed by atoms with Gasteiger partial charge >= 0.3 is 0 Å². The number of fused-ring (bicyclic) bond motifs is 1. The van der Waals surface area contributed by atoms with Gasteiger partial charge in [-0.3, -0.25) is 0 Å².